The van der Waals surface area contributed by atoms with E-state index in [2.05, 4.69) is 26.2 Å². The summed E-state index contributed by atoms with van der Waals surface area (Å²) in [5, 5.41) is 3.88. The summed E-state index contributed by atoms with van der Waals surface area (Å²) >= 11 is 9.21. The second-order valence-corrected chi connectivity index (χ2v) is 4.80. The minimum Gasteiger partial charge on any atom is -0.340 e. The summed E-state index contributed by atoms with van der Waals surface area (Å²) in [6, 6.07) is 9.73. The van der Waals surface area contributed by atoms with Crippen LogP contribution in [0.3, 0.4) is 0 Å². The lowest BCUT2D eigenvalue weighted by Crippen LogP contribution is -1.95. The zero-order valence-electron chi connectivity index (χ0n) is 8.67. The van der Waals surface area contributed by atoms with Crippen LogP contribution in [0.4, 0.5) is 11.5 Å². The van der Waals surface area contributed by atoms with E-state index in [1.165, 1.54) is 5.56 Å². The van der Waals surface area contributed by atoms with Gasteiger partial charge in [0.25, 0.3) is 0 Å². The number of hydrogen-bond acceptors (Lipinski definition) is 2. The molecule has 4 heteroatoms. The Hall–Kier alpha value is -1.06. The van der Waals surface area contributed by atoms with Crippen LogP contribution in [0.25, 0.3) is 0 Å². The smallest absolute Gasteiger partial charge is 0.130 e. The van der Waals surface area contributed by atoms with E-state index in [0.717, 1.165) is 16.0 Å². The normalized spacial score (nSPS) is 10.2. The monoisotopic (exact) mass is 296 g/mol. The zero-order chi connectivity index (χ0) is 11.5. The molecule has 82 valence electrons. The van der Waals surface area contributed by atoms with E-state index in [-0.39, 0.29) is 0 Å². The standard InChI is InChI=1S/C12H10BrClN2/c1-8-2-3-9(13)6-11(8)16-12-5-4-10(14)7-15-12/h2-7H,1H3,(H,15,16). The number of rotatable bonds is 2. The van der Waals surface area contributed by atoms with E-state index in [4.69, 9.17) is 11.6 Å². The summed E-state index contributed by atoms with van der Waals surface area (Å²) in [6.07, 6.45) is 1.62. The van der Waals surface area contributed by atoms with E-state index in [0.29, 0.717) is 5.02 Å². The van der Waals surface area contributed by atoms with Crippen molar-refractivity contribution in [2.45, 2.75) is 6.92 Å². The second kappa shape index (κ2) is 4.85. The van der Waals surface area contributed by atoms with Gasteiger partial charge in [0, 0.05) is 16.4 Å². The third-order valence-electron chi connectivity index (χ3n) is 2.19. The molecule has 0 atom stereocenters. The molecule has 0 aliphatic carbocycles. The highest BCUT2D eigenvalue weighted by Gasteiger charge is 2.00. The Balaban J connectivity index is 2.26. The molecule has 0 amide bonds. The highest BCUT2D eigenvalue weighted by atomic mass is 79.9. The predicted molar refractivity (Wildman–Crippen MR) is 71.4 cm³/mol. The van der Waals surface area contributed by atoms with Crippen LogP contribution in [0.2, 0.25) is 5.02 Å². The Morgan fingerprint density at radius 1 is 1.25 bits per heavy atom. The molecule has 2 rings (SSSR count). The maximum Gasteiger partial charge on any atom is 0.130 e. The van der Waals surface area contributed by atoms with Crippen LogP contribution < -0.4 is 5.32 Å². The molecule has 1 N–H and O–H groups in total. The summed E-state index contributed by atoms with van der Waals surface area (Å²) in [4.78, 5) is 4.19. The third kappa shape index (κ3) is 2.74. The van der Waals surface area contributed by atoms with Gasteiger partial charge in [-0.1, -0.05) is 33.6 Å². The molecule has 0 radical (unpaired) electrons. The predicted octanol–water partition coefficient (Wildman–Crippen LogP) is 4.55. The Kier molecular flexibility index (Phi) is 3.46. The molecule has 1 heterocycles. The summed E-state index contributed by atoms with van der Waals surface area (Å²) < 4.78 is 1.04. The number of anilines is 2. The molecule has 0 aliphatic heterocycles. The Morgan fingerprint density at radius 2 is 2.06 bits per heavy atom. The van der Waals surface area contributed by atoms with Crippen molar-refractivity contribution in [1.29, 1.82) is 0 Å². The van der Waals surface area contributed by atoms with Gasteiger partial charge in [0.05, 0.1) is 5.02 Å². The minimum atomic E-state index is 0.636. The van der Waals surface area contributed by atoms with Gasteiger partial charge in [0.2, 0.25) is 0 Å². The molecule has 0 unspecified atom stereocenters. The van der Waals surface area contributed by atoms with Crippen LogP contribution >= 0.6 is 27.5 Å². The van der Waals surface area contributed by atoms with Gasteiger partial charge < -0.3 is 5.32 Å². The molecule has 0 fully saturated rings. The average Bonchev–Trinajstić information content (AvgIpc) is 2.27. The van der Waals surface area contributed by atoms with E-state index in [1.54, 1.807) is 6.20 Å². The number of aromatic nitrogens is 1. The maximum absolute atomic E-state index is 5.77. The van der Waals surface area contributed by atoms with Crippen molar-refractivity contribution in [2.24, 2.45) is 0 Å². The lowest BCUT2D eigenvalue weighted by Gasteiger charge is -2.09. The molecule has 0 aliphatic rings. The highest BCUT2D eigenvalue weighted by Crippen LogP contribution is 2.23. The molecular weight excluding hydrogens is 288 g/mol. The molecule has 2 nitrogen and oxygen atoms in total. The van der Waals surface area contributed by atoms with Crippen LogP contribution in [0.1, 0.15) is 5.56 Å². The van der Waals surface area contributed by atoms with Crippen LogP contribution in [0.15, 0.2) is 41.0 Å². The number of benzene rings is 1. The minimum absolute atomic E-state index is 0.636. The van der Waals surface area contributed by atoms with E-state index < -0.39 is 0 Å². The van der Waals surface area contributed by atoms with Gasteiger partial charge in [-0.2, -0.15) is 0 Å². The number of hydrogen-bond donors (Lipinski definition) is 1. The second-order valence-electron chi connectivity index (χ2n) is 3.45. The summed E-state index contributed by atoms with van der Waals surface area (Å²) in [7, 11) is 0. The maximum atomic E-state index is 5.77. The first-order valence-electron chi connectivity index (χ1n) is 4.80. The van der Waals surface area contributed by atoms with Gasteiger partial charge >= 0.3 is 0 Å². The topological polar surface area (TPSA) is 24.9 Å². The van der Waals surface area contributed by atoms with Crippen molar-refractivity contribution in [3.63, 3.8) is 0 Å². The lowest BCUT2D eigenvalue weighted by atomic mass is 10.2. The van der Waals surface area contributed by atoms with Crippen molar-refractivity contribution < 1.29 is 0 Å². The van der Waals surface area contributed by atoms with Crippen LogP contribution in [0.5, 0.6) is 0 Å². The first kappa shape index (κ1) is 11.4. The fourth-order valence-corrected chi connectivity index (χ4v) is 1.79. The molecule has 0 bridgehead atoms. The number of halogens is 2. The first-order valence-corrected chi connectivity index (χ1v) is 5.97. The SMILES string of the molecule is Cc1ccc(Br)cc1Nc1ccc(Cl)cn1. The summed E-state index contributed by atoms with van der Waals surface area (Å²) in [6.45, 7) is 2.05. The van der Waals surface area contributed by atoms with Crippen LogP contribution in [0, 0.1) is 6.92 Å². The number of aryl methyl sites for hydroxylation is 1. The Morgan fingerprint density at radius 3 is 2.75 bits per heavy atom. The number of pyridine rings is 1. The molecule has 1 aromatic heterocycles. The molecule has 0 saturated heterocycles. The molecule has 2 aromatic rings. The molecule has 1 aromatic carbocycles. The highest BCUT2D eigenvalue weighted by molar-refractivity contribution is 9.10. The van der Waals surface area contributed by atoms with Gasteiger partial charge in [-0.15, -0.1) is 0 Å². The van der Waals surface area contributed by atoms with Crippen molar-refractivity contribution in [1.82, 2.24) is 4.98 Å². The summed E-state index contributed by atoms with van der Waals surface area (Å²) in [5.74, 6) is 0.783. The lowest BCUT2D eigenvalue weighted by molar-refractivity contribution is 1.29. The number of nitrogens with one attached hydrogen (secondary N) is 1. The van der Waals surface area contributed by atoms with Crippen molar-refractivity contribution in [3.05, 3.63) is 51.6 Å². The van der Waals surface area contributed by atoms with Crippen molar-refractivity contribution in [2.75, 3.05) is 5.32 Å². The molecule has 0 spiro atoms. The quantitative estimate of drug-likeness (QED) is 0.879. The van der Waals surface area contributed by atoms with Crippen LogP contribution in [-0.4, -0.2) is 4.98 Å². The van der Waals surface area contributed by atoms with Gasteiger partial charge in [0.1, 0.15) is 5.82 Å². The zero-order valence-corrected chi connectivity index (χ0v) is 11.0. The van der Waals surface area contributed by atoms with Crippen LogP contribution in [-0.2, 0) is 0 Å². The van der Waals surface area contributed by atoms with Gasteiger partial charge in [-0.25, -0.2) is 4.98 Å². The van der Waals surface area contributed by atoms with Gasteiger partial charge in [-0.05, 0) is 36.8 Å². The fourth-order valence-electron chi connectivity index (χ4n) is 1.32. The van der Waals surface area contributed by atoms with E-state index in [1.807, 2.05) is 37.3 Å². The van der Waals surface area contributed by atoms with E-state index in [9.17, 15) is 0 Å². The Bertz CT molecular complexity index is 497. The average molecular weight is 298 g/mol. The third-order valence-corrected chi connectivity index (χ3v) is 2.91. The van der Waals surface area contributed by atoms with Gasteiger partial charge in [0.15, 0.2) is 0 Å². The first-order chi connectivity index (χ1) is 7.65. The summed E-state index contributed by atoms with van der Waals surface area (Å²) in [5.41, 5.74) is 2.20. The molecule has 0 saturated carbocycles. The number of nitrogens with zero attached hydrogens (tertiary/aromatic N) is 1. The van der Waals surface area contributed by atoms with Crippen molar-refractivity contribution >= 4 is 39.0 Å². The molecule has 16 heavy (non-hydrogen) atoms. The molecular formula is C12H10BrClN2. The van der Waals surface area contributed by atoms with Gasteiger partial charge in [-0.3, -0.25) is 0 Å². The van der Waals surface area contributed by atoms with E-state index >= 15 is 0 Å². The fraction of sp³-hybridized carbons (Fsp3) is 0.0833. The Labute approximate surface area is 108 Å². The largest absolute Gasteiger partial charge is 0.340 e. The van der Waals surface area contributed by atoms with Crippen molar-refractivity contribution in [3.8, 4) is 0 Å².